The molecule has 1 amide bonds. The molecule has 15 heavy (non-hydrogen) atoms. The molecule has 5 heteroatoms. The maximum absolute atomic E-state index is 11.3. The van der Waals surface area contributed by atoms with Crippen LogP contribution in [-0.2, 0) is 0 Å². The van der Waals surface area contributed by atoms with Gasteiger partial charge in [-0.25, -0.2) is 0 Å². The number of aryl methyl sites for hydroxylation is 1. The topological polar surface area (TPSA) is 55.1 Å². The summed E-state index contributed by atoms with van der Waals surface area (Å²) in [6.45, 7) is 2.03. The van der Waals surface area contributed by atoms with Crippen molar-refractivity contribution < 1.29 is 4.79 Å². The predicted molar refractivity (Wildman–Crippen MR) is 79.9 cm³/mol. The fraction of sp³-hybridized carbons (Fsp3) is 0.200. The lowest BCUT2D eigenvalue weighted by atomic mass is 10.1. The Bertz CT molecular complexity index is 469. The third-order valence-corrected chi connectivity index (χ3v) is 5.06. The van der Waals surface area contributed by atoms with E-state index in [-0.39, 0.29) is 26.6 Å². The zero-order valence-corrected chi connectivity index (χ0v) is 12.4. The monoisotopic (exact) mass is 428 g/mol. The van der Waals surface area contributed by atoms with Gasteiger partial charge >= 0.3 is 0 Å². The lowest BCUT2D eigenvalue weighted by Gasteiger charge is -2.09. The minimum Gasteiger partial charge on any atom is -0.366 e. The molecule has 0 atom stereocenters. The van der Waals surface area contributed by atoms with Crippen molar-refractivity contribution in [1.82, 2.24) is 0 Å². The van der Waals surface area contributed by atoms with Crippen LogP contribution >= 0.6 is 43.3 Å². The summed E-state index contributed by atoms with van der Waals surface area (Å²) in [7, 11) is 0. The van der Waals surface area contributed by atoms with Gasteiger partial charge in [-0.1, -0.05) is 20.7 Å². The molecule has 0 saturated carbocycles. The molecule has 0 radical (unpaired) electrons. The van der Waals surface area contributed by atoms with Gasteiger partial charge in [0.1, 0.15) is 0 Å². The third kappa shape index (κ3) is 2.68. The van der Waals surface area contributed by atoms with E-state index < -0.39 is 0 Å². The number of amides is 1. The number of rotatable bonds is 3. The molecule has 0 aromatic heterocycles. The fourth-order valence-corrected chi connectivity index (χ4v) is 2.56. The van der Waals surface area contributed by atoms with E-state index in [1.807, 2.05) is 19.1 Å². The van der Waals surface area contributed by atoms with Gasteiger partial charge in [0.25, 0.3) is 5.91 Å². The Morgan fingerprint density at radius 3 is 2.80 bits per heavy atom. The molecule has 0 aliphatic carbocycles. The highest BCUT2D eigenvalue weighted by Gasteiger charge is 2.15. The van der Waals surface area contributed by atoms with Crippen molar-refractivity contribution in [3.8, 4) is 0 Å². The van der Waals surface area contributed by atoms with Gasteiger partial charge in [-0.3, -0.25) is 4.79 Å². The van der Waals surface area contributed by atoms with Crippen molar-refractivity contribution in [2.45, 2.75) is 6.92 Å². The molecule has 0 unspecified atom stereocenters. The second-order valence-corrected chi connectivity index (χ2v) is 7.30. The first-order chi connectivity index (χ1) is 7.08. The largest absolute Gasteiger partial charge is 0.366 e. The Hall–Kier alpha value is -0.180. The summed E-state index contributed by atoms with van der Waals surface area (Å²) in [6.07, 6.45) is 0. The Labute approximate surface area is 112 Å². The smallest absolute Gasteiger partial charge is 0.250 e. The molecular weight excluding hydrogens is 418 g/mol. The van der Waals surface area contributed by atoms with Crippen LogP contribution in [0.2, 0.25) is 0 Å². The average Bonchev–Trinajstić information content (AvgIpc) is 2.94. The molecule has 0 fully saturated rings. The molecule has 0 bridgehead atoms. The van der Waals surface area contributed by atoms with Crippen LogP contribution in [0, 0.1) is 10.5 Å². The van der Waals surface area contributed by atoms with Crippen molar-refractivity contribution in [2.24, 2.45) is 5.73 Å². The minimum atomic E-state index is -0.366. The number of hydrogen-bond donors (Lipinski definition) is 2. The quantitative estimate of drug-likeness (QED) is 0.574. The van der Waals surface area contributed by atoms with Crippen LogP contribution in [0.25, 0.3) is 0 Å². The van der Waals surface area contributed by atoms with Crippen LogP contribution in [0.4, 0.5) is 5.69 Å². The maximum atomic E-state index is 11.3. The molecule has 3 N–H and O–H groups in total. The van der Waals surface area contributed by atoms with Gasteiger partial charge in [0.2, 0.25) is 0 Å². The number of halogens is 2. The summed E-state index contributed by atoms with van der Waals surface area (Å²) in [5.74, 6) is -0.366. The standard InChI is InChI=1S/C10H10I2N2O/c1-5-2-8(14-9-4-12-9)6(10(13)15)3-7(5)11/h2-3,14H,4H2,1H3,(H2,13,15). The number of carbonyl (C=O) groups is 1. The van der Waals surface area contributed by atoms with E-state index in [2.05, 4.69) is 27.9 Å². The molecule has 1 aliphatic heterocycles. The molecule has 1 heterocycles. The van der Waals surface area contributed by atoms with Crippen LogP contribution in [0.1, 0.15) is 15.9 Å². The van der Waals surface area contributed by atoms with E-state index in [1.165, 1.54) is 13.6 Å². The first-order valence-corrected chi connectivity index (χ1v) is 8.08. The molecule has 3 nitrogen and oxygen atoms in total. The van der Waals surface area contributed by atoms with Crippen molar-refractivity contribution in [3.05, 3.63) is 26.8 Å². The normalized spacial score (nSPS) is 13.9. The van der Waals surface area contributed by atoms with Gasteiger partial charge in [-0.15, -0.1) is 0 Å². The summed E-state index contributed by atoms with van der Waals surface area (Å²) in [5, 5.41) is 3.30. The number of nitrogens with two attached hydrogens (primary N) is 1. The third-order valence-electron chi connectivity index (χ3n) is 2.10. The predicted octanol–water partition coefficient (Wildman–Crippen LogP) is 2.22. The molecule has 0 spiro atoms. The fourth-order valence-electron chi connectivity index (χ4n) is 1.24. The molecule has 0 saturated heterocycles. The van der Waals surface area contributed by atoms with Crippen LogP contribution in [0.5, 0.6) is 0 Å². The zero-order valence-electron chi connectivity index (χ0n) is 8.10. The number of nitrogens with one attached hydrogen (secondary N) is 1. The van der Waals surface area contributed by atoms with Crippen molar-refractivity contribution in [2.75, 3.05) is 9.74 Å². The summed E-state index contributed by atoms with van der Waals surface area (Å²) in [4.78, 5) is 11.3. The second kappa shape index (κ2) is 4.36. The summed E-state index contributed by atoms with van der Waals surface area (Å²) < 4.78 is 3.67. The number of anilines is 1. The Kier molecular flexibility index (Phi) is 3.29. The highest BCUT2D eigenvalue weighted by Crippen LogP contribution is 2.26. The number of alkyl halides is 1. The lowest BCUT2D eigenvalue weighted by molar-refractivity contribution is 0.100. The summed E-state index contributed by atoms with van der Waals surface area (Å²) >= 11 is 2.46. The SMILES string of the molecule is Cc1cc(NC2=IC2)c(C(N)=O)cc1I. The van der Waals surface area contributed by atoms with E-state index in [0.29, 0.717) is 5.56 Å². The maximum Gasteiger partial charge on any atom is 0.250 e. The molecule has 1 aliphatic rings. The van der Waals surface area contributed by atoms with E-state index in [4.69, 9.17) is 5.73 Å². The molecular formula is C10H10I2N2O. The van der Waals surface area contributed by atoms with E-state index in [9.17, 15) is 4.79 Å². The molecule has 80 valence electrons. The highest BCUT2D eigenvalue weighted by molar-refractivity contribution is 14.2. The van der Waals surface area contributed by atoms with E-state index in [0.717, 1.165) is 9.26 Å². The Morgan fingerprint density at radius 1 is 1.60 bits per heavy atom. The van der Waals surface area contributed by atoms with Crippen molar-refractivity contribution >= 4 is 58.5 Å². The molecule has 1 aromatic rings. The molecule has 1 aromatic carbocycles. The van der Waals surface area contributed by atoms with Crippen LogP contribution in [-0.4, -0.2) is 14.0 Å². The van der Waals surface area contributed by atoms with Gasteiger partial charge in [-0.2, -0.15) is 0 Å². The van der Waals surface area contributed by atoms with Gasteiger partial charge in [-0.05, 0) is 47.2 Å². The van der Waals surface area contributed by atoms with Crippen molar-refractivity contribution in [3.63, 3.8) is 0 Å². The van der Waals surface area contributed by atoms with Crippen LogP contribution in [0.15, 0.2) is 12.1 Å². The minimum absolute atomic E-state index is 0.249. The van der Waals surface area contributed by atoms with Crippen LogP contribution < -0.4 is 11.1 Å². The zero-order chi connectivity index (χ0) is 11.0. The van der Waals surface area contributed by atoms with Gasteiger partial charge in [0.05, 0.1) is 14.9 Å². The number of primary amides is 1. The van der Waals surface area contributed by atoms with Crippen LogP contribution in [0.3, 0.4) is 0 Å². The van der Waals surface area contributed by atoms with E-state index in [1.54, 1.807) is 0 Å². The average molecular weight is 428 g/mol. The summed E-state index contributed by atoms with van der Waals surface area (Å²) in [6, 6.07) is 3.85. The first-order valence-electron chi connectivity index (χ1n) is 4.40. The number of benzene rings is 1. The number of hydrogen-bond acceptors (Lipinski definition) is 2. The highest BCUT2D eigenvalue weighted by atomic mass is 127. The second-order valence-electron chi connectivity index (χ2n) is 3.31. The van der Waals surface area contributed by atoms with E-state index >= 15 is 0 Å². The number of carbonyl (C=O) groups excluding carboxylic acids is 1. The van der Waals surface area contributed by atoms with Crippen molar-refractivity contribution in [1.29, 1.82) is 0 Å². The lowest BCUT2D eigenvalue weighted by Crippen LogP contribution is -2.15. The summed E-state index contributed by atoms with van der Waals surface area (Å²) in [5.41, 5.74) is 7.98. The van der Waals surface area contributed by atoms with Gasteiger partial charge in [0.15, 0.2) is 0 Å². The van der Waals surface area contributed by atoms with Gasteiger partial charge < -0.3 is 11.1 Å². The molecule has 2 rings (SSSR count). The van der Waals surface area contributed by atoms with Gasteiger partial charge in [0, 0.05) is 8.00 Å². The Balaban J connectivity index is 2.43. The Morgan fingerprint density at radius 2 is 2.27 bits per heavy atom. The first kappa shape index (κ1) is 11.3.